The summed E-state index contributed by atoms with van der Waals surface area (Å²) in [6, 6.07) is 7.20. The number of methoxy groups -OCH3 is 1. The van der Waals surface area contributed by atoms with Gasteiger partial charge < -0.3 is 15.8 Å². The third-order valence-corrected chi connectivity index (χ3v) is 2.96. The van der Waals surface area contributed by atoms with Crippen LogP contribution in [0.1, 0.15) is 5.56 Å². The Labute approximate surface area is 111 Å². The van der Waals surface area contributed by atoms with Crippen LogP contribution in [-0.4, -0.2) is 12.1 Å². The summed E-state index contributed by atoms with van der Waals surface area (Å²) in [6.45, 7) is 1.93. The van der Waals surface area contributed by atoms with Crippen LogP contribution < -0.4 is 15.8 Å². The summed E-state index contributed by atoms with van der Waals surface area (Å²) in [5.74, 6) is 1.30. The maximum atomic E-state index is 6.11. The fourth-order valence-electron chi connectivity index (χ4n) is 1.52. The summed E-state index contributed by atoms with van der Waals surface area (Å²) in [7, 11) is 1.60. The smallest absolute Gasteiger partial charge is 0.153 e. The van der Waals surface area contributed by atoms with E-state index in [1.54, 1.807) is 31.5 Å². The Morgan fingerprint density at radius 1 is 1.33 bits per heavy atom. The van der Waals surface area contributed by atoms with Crippen LogP contribution in [0.5, 0.6) is 5.75 Å². The number of benzene rings is 1. The van der Waals surface area contributed by atoms with Gasteiger partial charge in [0, 0.05) is 12.3 Å². The Balaban J connectivity index is 2.36. The van der Waals surface area contributed by atoms with Gasteiger partial charge in [0.1, 0.15) is 5.75 Å². The van der Waals surface area contributed by atoms with E-state index in [0.717, 1.165) is 5.56 Å². The maximum absolute atomic E-state index is 6.11. The average Bonchev–Trinajstić information content (AvgIpc) is 2.37. The number of ether oxygens (including phenoxy) is 1. The lowest BCUT2D eigenvalue weighted by Gasteiger charge is -2.12. The van der Waals surface area contributed by atoms with Crippen LogP contribution in [0.25, 0.3) is 0 Å². The molecule has 1 aromatic heterocycles. The molecule has 0 aliphatic rings. The fraction of sp³-hybridized carbons (Fsp3) is 0.154. The number of pyridine rings is 1. The molecule has 94 valence electrons. The van der Waals surface area contributed by atoms with Crippen molar-refractivity contribution in [2.75, 3.05) is 18.2 Å². The summed E-state index contributed by atoms with van der Waals surface area (Å²) < 4.78 is 5.15. The van der Waals surface area contributed by atoms with E-state index in [0.29, 0.717) is 28.0 Å². The summed E-state index contributed by atoms with van der Waals surface area (Å²) in [5.41, 5.74) is 8.23. The molecule has 0 saturated carbocycles. The van der Waals surface area contributed by atoms with Crippen molar-refractivity contribution in [3.63, 3.8) is 0 Å². The lowest BCUT2D eigenvalue weighted by Crippen LogP contribution is -2.01. The minimum atomic E-state index is 0.582. The first-order chi connectivity index (χ1) is 8.61. The summed E-state index contributed by atoms with van der Waals surface area (Å²) >= 11 is 6.11. The molecule has 0 fully saturated rings. The third-order valence-electron chi connectivity index (χ3n) is 2.63. The Morgan fingerprint density at radius 2 is 2.11 bits per heavy atom. The maximum Gasteiger partial charge on any atom is 0.153 e. The highest BCUT2D eigenvalue weighted by molar-refractivity contribution is 6.33. The predicted octanol–water partition coefficient (Wildman–Crippen LogP) is 3.38. The molecule has 0 atom stereocenters. The van der Waals surface area contributed by atoms with Crippen molar-refractivity contribution in [2.24, 2.45) is 0 Å². The quantitative estimate of drug-likeness (QED) is 0.891. The molecule has 2 rings (SSSR count). The molecule has 0 saturated heterocycles. The zero-order chi connectivity index (χ0) is 13.1. The van der Waals surface area contributed by atoms with Crippen molar-refractivity contribution in [1.82, 2.24) is 4.98 Å². The Morgan fingerprint density at radius 3 is 2.83 bits per heavy atom. The summed E-state index contributed by atoms with van der Waals surface area (Å²) in [5, 5.41) is 3.69. The highest BCUT2D eigenvalue weighted by Gasteiger charge is 2.07. The molecule has 1 aromatic carbocycles. The van der Waals surface area contributed by atoms with Crippen LogP contribution in [0.15, 0.2) is 30.5 Å². The number of hydrogen-bond acceptors (Lipinski definition) is 4. The molecule has 0 aliphatic carbocycles. The topological polar surface area (TPSA) is 60.2 Å². The molecule has 3 N–H and O–H groups in total. The van der Waals surface area contributed by atoms with Gasteiger partial charge in [-0.15, -0.1) is 0 Å². The monoisotopic (exact) mass is 263 g/mol. The van der Waals surface area contributed by atoms with Crippen molar-refractivity contribution < 1.29 is 4.74 Å². The number of halogens is 1. The van der Waals surface area contributed by atoms with Gasteiger partial charge in [-0.2, -0.15) is 0 Å². The summed E-state index contributed by atoms with van der Waals surface area (Å²) in [4.78, 5) is 4.20. The molecule has 0 radical (unpaired) electrons. The number of nitrogens with two attached hydrogens (primary N) is 1. The zero-order valence-electron chi connectivity index (χ0n) is 10.2. The van der Waals surface area contributed by atoms with E-state index in [2.05, 4.69) is 10.3 Å². The largest absolute Gasteiger partial charge is 0.497 e. The number of nitrogen functional groups attached to an aromatic ring is 1. The average molecular weight is 264 g/mol. The molecule has 1 heterocycles. The van der Waals surface area contributed by atoms with Gasteiger partial charge in [0.25, 0.3) is 0 Å². The van der Waals surface area contributed by atoms with Gasteiger partial charge in [0.2, 0.25) is 0 Å². The van der Waals surface area contributed by atoms with E-state index in [4.69, 9.17) is 22.1 Å². The molecular formula is C13H14ClN3O. The number of anilines is 3. The number of nitrogens with one attached hydrogen (secondary N) is 1. The van der Waals surface area contributed by atoms with E-state index in [1.807, 2.05) is 13.0 Å². The SMILES string of the molecule is COc1ccc(Cl)c(Nc2nccc(C)c2N)c1. The lowest BCUT2D eigenvalue weighted by atomic mass is 10.2. The predicted molar refractivity (Wildman–Crippen MR) is 74.7 cm³/mol. The number of nitrogens with zero attached hydrogens (tertiary/aromatic N) is 1. The normalized spacial score (nSPS) is 10.2. The molecule has 18 heavy (non-hydrogen) atoms. The van der Waals surface area contributed by atoms with Crippen LogP contribution in [0.4, 0.5) is 17.2 Å². The molecule has 0 aliphatic heterocycles. The molecule has 0 spiro atoms. The van der Waals surface area contributed by atoms with Crippen LogP contribution in [0, 0.1) is 6.92 Å². The van der Waals surface area contributed by atoms with E-state index in [-0.39, 0.29) is 0 Å². The van der Waals surface area contributed by atoms with Gasteiger partial charge in [-0.3, -0.25) is 0 Å². The molecule has 5 heteroatoms. The molecule has 2 aromatic rings. The minimum absolute atomic E-state index is 0.582. The summed E-state index contributed by atoms with van der Waals surface area (Å²) in [6.07, 6.45) is 1.70. The second-order valence-corrected chi connectivity index (χ2v) is 4.27. The molecule has 0 unspecified atom stereocenters. The number of aromatic nitrogens is 1. The van der Waals surface area contributed by atoms with Gasteiger partial charge in [-0.1, -0.05) is 11.6 Å². The van der Waals surface area contributed by atoms with Gasteiger partial charge in [-0.25, -0.2) is 4.98 Å². The van der Waals surface area contributed by atoms with E-state index in [9.17, 15) is 0 Å². The van der Waals surface area contributed by atoms with E-state index >= 15 is 0 Å². The van der Waals surface area contributed by atoms with Crippen LogP contribution in [-0.2, 0) is 0 Å². The Hall–Kier alpha value is -1.94. The van der Waals surface area contributed by atoms with Crippen LogP contribution >= 0.6 is 11.6 Å². The number of hydrogen-bond donors (Lipinski definition) is 2. The van der Waals surface area contributed by atoms with Crippen molar-refractivity contribution in [1.29, 1.82) is 0 Å². The number of aryl methyl sites for hydroxylation is 1. The first-order valence-electron chi connectivity index (χ1n) is 5.43. The van der Waals surface area contributed by atoms with Crippen molar-refractivity contribution in [2.45, 2.75) is 6.92 Å². The highest BCUT2D eigenvalue weighted by atomic mass is 35.5. The Bertz CT molecular complexity index is 572. The van der Waals surface area contributed by atoms with Crippen molar-refractivity contribution in [3.8, 4) is 5.75 Å². The van der Waals surface area contributed by atoms with Crippen molar-refractivity contribution in [3.05, 3.63) is 41.0 Å². The second kappa shape index (κ2) is 5.14. The van der Waals surface area contributed by atoms with E-state index in [1.165, 1.54) is 0 Å². The highest BCUT2D eigenvalue weighted by Crippen LogP contribution is 2.31. The molecular weight excluding hydrogens is 250 g/mol. The molecule has 0 amide bonds. The molecule has 4 nitrogen and oxygen atoms in total. The van der Waals surface area contributed by atoms with Crippen molar-refractivity contribution >= 4 is 28.8 Å². The number of rotatable bonds is 3. The van der Waals surface area contributed by atoms with Gasteiger partial charge >= 0.3 is 0 Å². The zero-order valence-corrected chi connectivity index (χ0v) is 11.0. The second-order valence-electron chi connectivity index (χ2n) is 3.86. The van der Waals surface area contributed by atoms with Crippen LogP contribution in [0.3, 0.4) is 0 Å². The van der Waals surface area contributed by atoms with Gasteiger partial charge in [0.05, 0.1) is 23.5 Å². The minimum Gasteiger partial charge on any atom is -0.497 e. The van der Waals surface area contributed by atoms with Crippen LogP contribution in [0.2, 0.25) is 5.02 Å². The first-order valence-corrected chi connectivity index (χ1v) is 5.81. The fourth-order valence-corrected chi connectivity index (χ4v) is 1.69. The lowest BCUT2D eigenvalue weighted by molar-refractivity contribution is 0.415. The van der Waals surface area contributed by atoms with Gasteiger partial charge in [0.15, 0.2) is 5.82 Å². The molecule has 0 bridgehead atoms. The van der Waals surface area contributed by atoms with E-state index < -0.39 is 0 Å². The standard InChI is InChI=1S/C13H14ClN3O/c1-8-5-6-16-13(12(8)15)17-11-7-9(18-2)3-4-10(11)14/h3-7H,15H2,1-2H3,(H,16,17). The first kappa shape index (κ1) is 12.5. The Kier molecular flexibility index (Phi) is 3.58. The third kappa shape index (κ3) is 2.49. The van der Waals surface area contributed by atoms with Gasteiger partial charge in [-0.05, 0) is 30.7 Å².